The average Bonchev–Trinajstić information content (AvgIpc) is 3.06. The van der Waals surface area contributed by atoms with Crippen LogP contribution in [-0.2, 0) is 9.53 Å². The van der Waals surface area contributed by atoms with Crippen LogP contribution in [0, 0.1) is 16.0 Å². The van der Waals surface area contributed by atoms with Crippen molar-refractivity contribution in [3.63, 3.8) is 0 Å². The molecule has 2 N–H and O–H groups in total. The van der Waals surface area contributed by atoms with Gasteiger partial charge in [0.2, 0.25) is 0 Å². The molecular formula is C18H19N3O4. The summed E-state index contributed by atoms with van der Waals surface area (Å²) >= 11 is 0. The van der Waals surface area contributed by atoms with Gasteiger partial charge in [0.1, 0.15) is 5.69 Å². The Balaban J connectivity index is 1.99. The van der Waals surface area contributed by atoms with Gasteiger partial charge in [0, 0.05) is 30.8 Å². The van der Waals surface area contributed by atoms with Crippen molar-refractivity contribution in [2.45, 2.75) is 5.92 Å². The average molecular weight is 341 g/mol. The van der Waals surface area contributed by atoms with Crippen LogP contribution >= 0.6 is 0 Å². The van der Waals surface area contributed by atoms with Crippen molar-refractivity contribution in [1.29, 1.82) is 0 Å². The lowest BCUT2D eigenvalue weighted by Crippen LogP contribution is -2.25. The topological polar surface area (TPSA) is 98.7 Å². The van der Waals surface area contributed by atoms with Gasteiger partial charge in [0.15, 0.2) is 0 Å². The zero-order valence-corrected chi connectivity index (χ0v) is 13.8. The summed E-state index contributed by atoms with van der Waals surface area (Å²) in [4.78, 5) is 25.0. The maximum Gasteiger partial charge on any atom is 0.311 e. The number of carbonyl (C=O) groups is 1. The standard InChI is InChI=1S/C18H19N3O4/c1-25-18(22)15-11-20(10-14(15)12-5-3-2-4-6-12)17-9-13(19)7-8-16(17)21(23)24/h2-9,14-15H,10-11,19H2,1H3/t14-,15+/m0/s1. The third kappa shape index (κ3) is 3.26. The third-order valence-corrected chi connectivity index (χ3v) is 4.59. The van der Waals surface area contributed by atoms with Crippen LogP contribution in [0.2, 0.25) is 0 Å². The minimum absolute atomic E-state index is 0.0217. The molecule has 7 heteroatoms. The Bertz CT molecular complexity index is 794. The molecule has 0 aromatic heterocycles. The van der Waals surface area contributed by atoms with Crippen LogP contribution in [-0.4, -0.2) is 31.1 Å². The highest BCUT2D eigenvalue weighted by atomic mass is 16.6. The van der Waals surface area contributed by atoms with E-state index in [0.29, 0.717) is 24.5 Å². The number of carbonyl (C=O) groups excluding carboxylic acids is 1. The van der Waals surface area contributed by atoms with Crippen molar-refractivity contribution in [1.82, 2.24) is 0 Å². The van der Waals surface area contributed by atoms with E-state index in [0.717, 1.165) is 5.56 Å². The molecule has 1 aliphatic rings. The number of ether oxygens (including phenoxy) is 1. The number of anilines is 2. The SMILES string of the molecule is COC(=O)[C@@H]1CN(c2cc(N)ccc2[N+](=O)[O-])C[C@H]1c1ccccc1. The first-order valence-electron chi connectivity index (χ1n) is 7.93. The molecule has 3 rings (SSSR count). The number of hydrogen-bond acceptors (Lipinski definition) is 6. The van der Waals surface area contributed by atoms with Crippen LogP contribution in [0.4, 0.5) is 17.1 Å². The van der Waals surface area contributed by atoms with E-state index >= 15 is 0 Å². The monoisotopic (exact) mass is 341 g/mol. The van der Waals surface area contributed by atoms with E-state index in [4.69, 9.17) is 10.5 Å². The third-order valence-electron chi connectivity index (χ3n) is 4.59. The Kier molecular flexibility index (Phi) is 4.56. The molecule has 1 saturated heterocycles. The number of methoxy groups -OCH3 is 1. The fourth-order valence-electron chi connectivity index (χ4n) is 3.38. The predicted octanol–water partition coefficient (Wildman–Crippen LogP) is 2.57. The lowest BCUT2D eigenvalue weighted by Gasteiger charge is -2.19. The predicted molar refractivity (Wildman–Crippen MR) is 94.4 cm³/mol. The summed E-state index contributed by atoms with van der Waals surface area (Å²) in [5, 5.41) is 11.4. The molecule has 0 amide bonds. The fraction of sp³-hybridized carbons (Fsp3) is 0.278. The van der Waals surface area contributed by atoms with Gasteiger partial charge in [-0.25, -0.2) is 0 Å². The fourth-order valence-corrected chi connectivity index (χ4v) is 3.38. The number of rotatable bonds is 4. The number of nitrogens with zero attached hydrogens (tertiary/aromatic N) is 2. The zero-order valence-electron chi connectivity index (χ0n) is 13.8. The van der Waals surface area contributed by atoms with Crippen LogP contribution in [0.3, 0.4) is 0 Å². The first kappa shape index (κ1) is 16.8. The highest BCUT2D eigenvalue weighted by Gasteiger charge is 2.40. The highest BCUT2D eigenvalue weighted by Crippen LogP contribution is 2.40. The second-order valence-corrected chi connectivity index (χ2v) is 6.06. The molecule has 7 nitrogen and oxygen atoms in total. The molecule has 0 bridgehead atoms. The van der Waals surface area contributed by atoms with Crippen molar-refractivity contribution >= 4 is 23.0 Å². The largest absolute Gasteiger partial charge is 0.469 e. The molecule has 2 atom stereocenters. The molecule has 0 spiro atoms. The van der Waals surface area contributed by atoms with Crippen LogP contribution in [0.15, 0.2) is 48.5 Å². The number of esters is 1. The Morgan fingerprint density at radius 3 is 2.60 bits per heavy atom. The van der Waals surface area contributed by atoms with E-state index in [2.05, 4.69) is 0 Å². The second-order valence-electron chi connectivity index (χ2n) is 6.06. The normalized spacial score (nSPS) is 19.6. The summed E-state index contributed by atoms with van der Waals surface area (Å²) in [6, 6.07) is 14.1. The smallest absolute Gasteiger partial charge is 0.311 e. The van der Waals surface area contributed by atoms with E-state index in [-0.39, 0.29) is 17.6 Å². The van der Waals surface area contributed by atoms with E-state index in [1.807, 2.05) is 35.2 Å². The van der Waals surface area contributed by atoms with Crippen molar-refractivity contribution in [2.75, 3.05) is 30.8 Å². The minimum Gasteiger partial charge on any atom is -0.469 e. The lowest BCUT2D eigenvalue weighted by atomic mass is 9.89. The van der Waals surface area contributed by atoms with Gasteiger partial charge in [-0.15, -0.1) is 0 Å². The van der Waals surface area contributed by atoms with Crippen LogP contribution in [0.1, 0.15) is 11.5 Å². The number of benzene rings is 2. The van der Waals surface area contributed by atoms with Gasteiger partial charge in [0.05, 0.1) is 18.0 Å². The summed E-state index contributed by atoms with van der Waals surface area (Å²) in [6.07, 6.45) is 0. The Hall–Kier alpha value is -3.09. The molecule has 1 fully saturated rings. The molecule has 0 radical (unpaired) electrons. The zero-order chi connectivity index (χ0) is 18.0. The van der Waals surface area contributed by atoms with Gasteiger partial charge in [-0.2, -0.15) is 0 Å². The molecule has 130 valence electrons. The van der Waals surface area contributed by atoms with Crippen LogP contribution in [0.5, 0.6) is 0 Å². The maximum atomic E-state index is 12.3. The molecule has 0 unspecified atom stereocenters. The summed E-state index contributed by atoms with van der Waals surface area (Å²) < 4.78 is 4.95. The van der Waals surface area contributed by atoms with Crippen molar-refractivity contribution in [3.05, 3.63) is 64.2 Å². The summed E-state index contributed by atoms with van der Waals surface area (Å²) in [6.45, 7) is 0.824. The van der Waals surface area contributed by atoms with E-state index < -0.39 is 10.8 Å². The highest BCUT2D eigenvalue weighted by molar-refractivity contribution is 5.77. The minimum atomic E-state index is -0.433. The number of nitrogens with two attached hydrogens (primary N) is 1. The van der Waals surface area contributed by atoms with Gasteiger partial charge >= 0.3 is 5.97 Å². The molecule has 25 heavy (non-hydrogen) atoms. The summed E-state index contributed by atoms with van der Waals surface area (Å²) in [5.41, 5.74) is 7.68. The Morgan fingerprint density at radius 2 is 1.96 bits per heavy atom. The molecule has 0 aliphatic carbocycles. The first-order chi connectivity index (χ1) is 12.0. The maximum absolute atomic E-state index is 12.3. The Morgan fingerprint density at radius 1 is 1.24 bits per heavy atom. The van der Waals surface area contributed by atoms with Gasteiger partial charge < -0.3 is 15.4 Å². The lowest BCUT2D eigenvalue weighted by molar-refractivity contribution is -0.384. The van der Waals surface area contributed by atoms with Crippen molar-refractivity contribution < 1.29 is 14.5 Å². The number of nitro groups is 1. The van der Waals surface area contributed by atoms with E-state index in [1.165, 1.54) is 19.2 Å². The van der Waals surface area contributed by atoms with Gasteiger partial charge in [-0.1, -0.05) is 30.3 Å². The number of nitro benzene ring substituents is 1. The molecule has 0 saturated carbocycles. The van der Waals surface area contributed by atoms with E-state index in [1.54, 1.807) is 6.07 Å². The summed E-state index contributed by atoms with van der Waals surface area (Å²) in [7, 11) is 1.36. The number of hydrogen-bond donors (Lipinski definition) is 1. The van der Waals surface area contributed by atoms with Crippen LogP contribution in [0.25, 0.3) is 0 Å². The quantitative estimate of drug-likeness (QED) is 0.397. The second kappa shape index (κ2) is 6.80. The molecule has 2 aromatic rings. The summed E-state index contributed by atoms with van der Waals surface area (Å²) in [5.74, 6) is -0.814. The van der Waals surface area contributed by atoms with Gasteiger partial charge in [-0.3, -0.25) is 14.9 Å². The van der Waals surface area contributed by atoms with Gasteiger partial charge in [0.25, 0.3) is 5.69 Å². The van der Waals surface area contributed by atoms with E-state index in [9.17, 15) is 14.9 Å². The Labute approximate surface area is 145 Å². The van der Waals surface area contributed by atoms with Crippen molar-refractivity contribution in [2.24, 2.45) is 5.92 Å². The molecule has 1 aliphatic heterocycles. The van der Waals surface area contributed by atoms with Crippen LogP contribution < -0.4 is 10.6 Å². The van der Waals surface area contributed by atoms with Crippen molar-refractivity contribution in [3.8, 4) is 0 Å². The molecule has 1 heterocycles. The molecule has 2 aromatic carbocycles. The molecular weight excluding hydrogens is 322 g/mol. The number of nitrogen functional groups attached to an aromatic ring is 1. The first-order valence-corrected chi connectivity index (χ1v) is 7.93. The van der Waals surface area contributed by atoms with Gasteiger partial charge in [-0.05, 0) is 17.7 Å².